The summed E-state index contributed by atoms with van der Waals surface area (Å²) >= 11 is 0. The van der Waals surface area contributed by atoms with Gasteiger partial charge < -0.3 is 19.7 Å². The number of piperidine rings is 1. The third-order valence-corrected chi connectivity index (χ3v) is 5.28. The van der Waals surface area contributed by atoms with Crippen molar-refractivity contribution in [2.45, 2.75) is 25.9 Å². The fourth-order valence-corrected chi connectivity index (χ4v) is 3.76. The SMILES string of the molecule is CN=C(NCC(C)CN1CCOCC1)N1CCC(Oc2ccccc2)CC1. The lowest BCUT2D eigenvalue weighted by Gasteiger charge is -2.35. The molecule has 2 aliphatic rings. The van der Waals surface area contributed by atoms with Gasteiger partial charge in [-0.05, 0) is 18.1 Å². The van der Waals surface area contributed by atoms with Gasteiger partial charge in [0.15, 0.2) is 5.96 Å². The number of nitrogens with one attached hydrogen (secondary N) is 1. The molecule has 0 radical (unpaired) electrons. The lowest BCUT2D eigenvalue weighted by Crippen LogP contribution is -2.49. The van der Waals surface area contributed by atoms with Gasteiger partial charge in [-0.25, -0.2) is 0 Å². The molecule has 3 rings (SSSR count). The van der Waals surface area contributed by atoms with Crippen molar-refractivity contribution in [1.29, 1.82) is 0 Å². The third kappa shape index (κ3) is 6.40. The van der Waals surface area contributed by atoms with Crippen molar-refractivity contribution < 1.29 is 9.47 Å². The summed E-state index contributed by atoms with van der Waals surface area (Å²) in [6.45, 7) is 10.1. The molecule has 0 aliphatic carbocycles. The van der Waals surface area contributed by atoms with E-state index in [2.05, 4.69) is 27.0 Å². The smallest absolute Gasteiger partial charge is 0.193 e. The van der Waals surface area contributed by atoms with Gasteiger partial charge in [-0.1, -0.05) is 25.1 Å². The zero-order chi connectivity index (χ0) is 18.9. The quantitative estimate of drug-likeness (QED) is 0.610. The summed E-state index contributed by atoms with van der Waals surface area (Å²) in [6.07, 6.45) is 2.35. The van der Waals surface area contributed by atoms with Crippen molar-refractivity contribution in [2.75, 3.05) is 59.5 Å². The summed E-state index contributed by atoms with van der Waals surface area (Å²) in [5.41, 5.74) is 0. The molecule has 0 saturated carbocycles. The summed E-state index contributed by atoms with van der Waals surface area (Å²) in [6, 6.07) is 10.1. The van der Waals surface area contributed by atoms with Crippen LogP contribution in [0.25, 0.3) is 0 Å². The first-order chi connectivity index (χ1) is 13.2. The molecule has 2 heterocycles. The summed E-state index contributed by atoms with van der Waals surface area (Å²) in [5.74, 6) is 2.57. The van der Waals surface area contributed by atoms with Crippen LogP contribution in [0.2, 0.25) is 0 Å². The van der Waals surface area contributed by atoms with E-state index in [-0.39, 0.29) is 0 Å². The van der Waals surface area contributed by atoms with E-state index in [0.717, 1.165) is 77.0 Å². The van der Waals surface area contributed by atoms with Gasteiger partial charge >= 0.3 is 0 Å². The zero-order valence-electron chi connectivity index (χ0n) is 16.8. The van der Waals surface area contributed by atoms with Crippen LogP contribution in [0.5, 0.6) is 5.75 Å². The Morgan fingerprint density at radius 3 is 2.56 bits per heavy atom. The summed E-state index contributed by atoms with van der Waals surface area (Å²) in [4.78, 5) is 9.34. The second-order valence-electron chi connectivity index (χ2n) is 7.56. The highest BCUT2D eigenvalue weighted by molar-refractivity contribution is 5.79. The molecule has 27 heavy (non-hydrogen) atoms. The number of hydrogen-bond donors (Lipinski definition) is 1. The van der Waals surface area contributed by atoms with E-state index in [1.807, 2.05) is 37.4 Å². The van der Waals surface area contributed by atoms with E-state index >= 15 is 0 Å². The number of guanidine groups is 1. The third-order valence-electron chi connectivity index (χ3n) is 5.28. The molecule has 1 N–H and O–H groups in total. The van der Waals surface area contributed by atoms with Crippen molar-refractivity contribution in [1.82, 2.24) is 15.1 Å². The maximum atomic E-state index is 6.10. The monoisotopic (exact) mass is 374 g/mol. The minimum Gasteiger partial charge on any atom is -0.490 e. The van der Waals surface area contributed by atoms with Crippen LogP contribution in [-0.4, -0.2) is 81.4 Å². The molecule has 0 aromatic heterocycles. The van der Waals surface area contributed by atoms with E-state index in [4.69, 9.17) is 9.47 Å². The molecule has 6 nitrogen and oxygen atoms in total. The van der Waals surface area contributed by atoms with Crippen molar-refractivity contribution in [2.24, 2.45) is 10.9 Å². The molecule has 0 bridgehead atoms. The minimum atomic E-state index is 0.294. The predicted octanol–water partition coefficient (Wildman–Crippen LogP) is 2.07. The molecule has 2 fully saturated rings. The number of rotatable bonds is 6. The van der Waals surface area contributed by atoms with E-state index in [0.29, 0.717) is 12.0 Å². The van der Waals surface area contributed by atoms with E-state index in [1.54, 1.807) is 0 Å². The van der Waals surface area contributed by atoms with Gasteiger partial charge in [0, 0.05) is 59.2 Å². The number of hydrogen-bond acceptors (Lipinski definition) is 4. The van der Waals surface area contributed by atoms with Gasteiger partial charge in [0.25, 0.3) is 0 Å². The molecule has 1 aromatic rings. The number of aliphatic imine (C=N–C) groups is 1. The fourth-order valence-electron chi connectivity index (χ4n) is 3.76. The maximum Gasteiger partial charge on any atom is 0.193 e. The Hall–Kier alpha value is -1.79. The van der Waals surface area contributed by atoms with Crippen molar-refractivity contribution in [3.05, 3.63) is 30.3 Å². The van der Waals surface area contributed by atoms with Crippen LogP contribution in [0.1, 0.15) is 19.8 Å². The first-order valence-electron chi connectivity index (χ1n) is 10.2. The molecule has 1 atom stereocenters. The van der Waals surface area contributed by atoms with Crippen LogP contribution in [-0.2, 0) is 4.74 Å². The summed E-state index contributed by atoms with van der Waals surface area (Å²) in [5, 5.41) is 3.57. The number of morpholine rings is 1. The number of benzene rings is 1. The van der Waals surface area contributed by atoms with Gasteiger partial charge in [-0.3, -0.25) is 9.89 Å². The normalized spacial score (nSPS) is 21.1. The van der Waals surface area contributed by atoms with Crippen LogP contribution in [0, 0.1) is 5.92 Å². The lowest BCUT2D eigenvalue weighted by atomic mass is 10.1. The Balaban J connectivity index is 1.38. The number of nitrogens with zero attached hydrogens (tertiary/aromatic N) is 3. The molecule has 2 saturated heterocycles. The second kappa shape index (κ2) is 10.5. The standard InChI is InChI=1S/C21H34N4O2/c1-18(17-24-12-14-26-15-13-24)16-23-21(22-2)25-10-8-20(9-11-25)27-19-6-4-3-5-7-19/h3-7,18,20H,8-17H2,1-2H3,(H,22,23). The number of likely N-dealkylation sites (tertiary alicyclic amines) is 1. The maximum absolute atomic E-state index is 6.10. The van der Waals surface area contributed by atoms with Crippen molar-refractivity contribution in [3.8, 4) is 5.75 Å². The second-order valence-corrected chi connectivity index (χ2v) is 7.56. The molecule has 6 heteroatoms. The highest BCUT2D eigenvalue weighted by Crippen LogP contribution is 2.18. The molecule has 1 unspecified atom stereocenters. The van der Waals surface area contributed by atoms with E-state index in [9.17, 15) is 0 Å². The molecule has 1 aromatic carbocycles. The van der Waals surface area contributed by atoms with Gasteiger partial charge in [0.2, 0.25) is 0 Å². The van der Waals surface area contributed by atoms with Gasteiger partial charge in [-0.2, -0.15) is 0 Å². The molecule has 150 valence electrons. The van der Waals surface area contributed by atoms with Crippen molar-refractivity contribution >= 4 is 5.96 Å². The Morgan fingerprint density at radius 1 is 1.19 bits per heavy atom. The van der Waals surface area contributed by atoms with Crippen LogP contribution in [0.4, 0.5) is 0 Å². The highest BCUT2D eigenvalue weighted by atomic mass is 16.5. The minimum absolute atomic E-state index is 0.294. The Bertz CT molecular complexity index is 567. The average Bonchev–Trinajstić information content (AvgIpc) is 2.71. The van der Waals surface area contributed by atoms with Gasteiger partial charge in [0.05, 0.1) is 13.2 Å². The molecular weight excluding hydrogens is 340 g/mol. The van der Waals surface area contributed by atoms with E-state index in [1.165, 1.54) is 0 Å². The fraction of sp³-hybridized carbons (Fsp3) is 0.667. The highest BCUT2D eigenvalue weighted by Gasteiger charge is 2.23. The Labute approximate surface area is 163 Å². The first-order valence-corrected chi connectivity index (χ1v) is 10.2. The van der Waals surface area contributed by atoms with Gasteiger partial charge in [0.1, 0.15) is 11.9 Å². The van der Waals surface area contributed by atoms with Crippen molar-refractivity contribution in [3.63, 3.8) is 0 Å². The lowest BCUT2D eigenvalue weighted by molar-refractivity contribution is 0.0320. The predicted molar refractivity (Wildman–Crippen MR) is 109 cm³/mol. The molecular formula is C21H34N4O2. The van der Waals surface area contributed by atoms with Crippen LogP contribution < -0.4 is 10.1 Å². The molecule has 2 aliphatic heterocycles. The molecule has 0 amide bonds. The van der Waals surface area contributed by atoms with Crippen LogP contribution in [0.15, 0.2) is 35.3 Å². The Morgan fingerprint density at radius 2 is 1.89 bits per heavy atom. The average molecular weight is 375 g/mol. The van der Waals surface area contributed by atoms with E-state index < -0.39 is 0 Å². The van der Waals surface area contributed by atoms with Gasteiger partial charge in [-0.15, -0.1) is 0 Å². The first kappa shape index (κ1) is 20.0. The summed E-state index contributed by atoms with van der Waals surface area (Å²) < 4.78 is 11.5. The summed E-state index contributed by atoms with van der Waals surface area (Å²) in [7, 11) is 1.88. The van der Waals surface area contributed by atoms with Crippen LogP contribution in [0.3, 0.4) is 0 Å². The van der Waals surface area contributed by atoms with Crippen LogP contribution >= 0.6 is 0 Å². The molecule has 0 spiro atoms. The largest absolute Gasteiger partial charge is 0.490 e. The Kier molecular flexibility index (Phi) is 7.78. The topological polar surface area (TPSA) is 49.3 Å². The number of ether oxygens (including phenoxy) is 2. The zero-order valence-corrected chi connectivity index (χ0v) is 16.8. The number of para-hydroxylation sites is 1.